The molecule has 0 saturated carbocycles. The third-order valence-corrected chi connectivity index (χ3v) is 1.96. The van der Waals surface area contributed by atoms with Gasteiger partial charge in [0.1, 0.15) is 5.01 Å². The molecule has 1 heterocycles. The van der Waals surface area contributed by atoms with Crippen LogP contribution < -0.4 is 5.73 Å². The van der Waals surface area contributed by atoms with Crippen molar-refractivity contribution in [2.45, 2.75) is 13.3 Å². The van der Waals surface area contributed by atoms with E-state index >= 15 is 0 Å². The van der Waals surface area contributed by atoms with E-state index in [-0.39, 0.29) is 12.3 Å². The maximum absolute atomic E-state index is 10.4. The van der Waals surface area contributed by atoms with Gasteiger partial charge in [0.15, 0.2) is 0 Å². The number of amides is 1. The molecule has 1 amide bonds. The number of carbonyl (C=O) groups is 1. The Kier molecular flexibility index (Phi) is 2.01. The summed E-state index contributed by atoms with van der Waals surface area (Å²) in [5, 5.41) is 2.70. The van der Waals surface area contributed by atoms with Gasteiger partial charge in [0.25, 0.3) is 0 Å². The number of nitrogens with zero attached hydrogens (tertiary/aromatic N) is 1. The van der Waals surface area contributed by atoms with Crippen molar-refractivity contribution in [3.05, 3.63) is 16.1 Å². The first-order valence-electron chi connectivity index (χ1n) is 2.88. The lowest BCUT2D eigenvalue weighted by Crippen LogP contribution is -2.13. The van der Waals surface area contributed by atoms with Crippen LogP contribution in [0.15, 0.2) is 5.38 Å². The third kappa shape index (κ3) is 1.80. The van der Waals surface area contributed by atoms with Crippen LogP contribution in [0.2, 0.25) is 0 Å². The van der Waals surface area contributed by atoms with Crippen molar-refractivity contribution in [2.75, 3.05) is 0 Å². The van der Waals surface area contributed by atoms with Crippen molar-refractivity contribution < 1.29 is 4.79 Å². The zero-order valence-corrected chi connectivity index (χ0v) is 6.44. The second kappa shape index (κ2) is 2.79. The van der Waals surface area contributed by atoms with Crippen molar-refractivity contribution >= 4 is 17.2 Å². The molecule has 0 spiro atoms. The van der Waals surface area contributed by atoms with Crippen LogP contribution >= 0.6 is 11.3 Å². The smallest absolute Gasteiger partial charge is 0.224 e. The summed E-state index contributed by atoms with van der Waals surface area (Å²) < 4.78 is 0. The average molecular weight is 156 g/mol. The highest BCUT2D eigenvalue weighted by Crippen LogP contribution is 2.08. The Morgan fingerprint density at radius 2 is 2.60 bits per heavy atom. The molecule has 0 aliphatic rings. The lowest BCUT2D eigenvalue weighted by Gasteiger charge is -1.86. The van der Waals surface area contributed by atoms with E-state index in [1.807, 2.05) is 12.3 Å². The van der Waals surface area contributed by atoms with Crippen LogP contribution in [0.5, 0.6) is 0 Å². The number of primary amides is 1. The van der Waals surface area contributed by atoms with Crippen molar-refractivity contribution in [3.8, 4) is 0 Å². The molecule has 0 saturated heterocycles. The van der Waals surface area contributed by atoms with Crippen LogP contribution in [0.3, 0.4) is 0 Å². The number of carbonyl (C=O) groups excluding carboxylic acids is 1. The highest BCUT2D eigenvalue weighted by molar-refractivity contribution is 7.09. The molecule has 54 valence electrons. The lowest BCUT2D eigenvalue weighted by molar-refractivity contribution is -0.117. The fourth-order valence-electron chi connectivity index (χ4n) is 0.633. The second-order valence-electron chi connectivity index (χ2n) is 2.03. The number of hydrogen-bond donors (Lipinski definition) is 1. The Bertz CT molecular complexity index is 244. The van der Waals surface area contributed by atoms with E-state index in [0.29, 0.717) is 0 Å². The Morgan fingerprint density at radius 3 is 3.00 bits per heavy atom. The van der Waals surface area contributed by atoms with E-state index in [2.05, 4.69) is 4.98 Å². The van der Waals surface area contributed by atoms with Gasteiger partial charge in [0.2, 0.25) is 5.91 Å². The fraction of sp³-hybridized carbons (Fsp3) is 0.333. The molecule has 1 aromatic heterocycles. The molecule has 0 unspecified atom stereocenters. The van der Waals surface area contributed by atoms with Crippen LogP contribution in [0.4, 0.5) is 0 Å². The van der Waals surface area contributed by atoms with E-state index in [9.17, 15) is 4.79 Å². The molecule has 0 fully saturated rings. The molecule has 0 aliphatic heterocycles. The van der Waals surface area contributed by atoms with Gasteiger partial charge in [-0.25, -0.2) is 4.98 Å². The van der Waals surface area contributed by atoms with E-state index in [1.54, 1.807) is 0 Å². The molecule has 0 aliphatic carbocycles. The quantitative estimate of drug-likeness (QED) is 0.677. The number of aryl methyl sites for hydroxylation is 1. The Balaban J connectivity index is 2.67. The normalized spacial score (nSPS) is 9.70. The molecule has 0 bridgehead atoms. The summed E-state index contributed by atoms with van der Waals surface area (Å²) in [6.07, 6.45) is 0.262. The van der Waals surface area contributed by atoms with Gasteiger partial charge >= 0.3 is 0 Å². The monoisotopic (exact) mass is 156 g/mol. The predicted molar refractivity (Wildman–Crippen MR) is 39.7 cm³/mol. The summed E-state index contributed by atoms with van der Waals surface area (Å²) in [6, 6.07) is 0. The summed E-state index contributed by atoms with van der Waals surface area (Å²) in [7, 11) is 0. The summed E-state index contributed by atoms with van der Waals surface area (Å²) in [5.41, 5.74) is 5.91. The van der Waals surface area contributed by atoms with Crippen LogP contribution in [0, 0.1) is 6.92 Å². The van der Waals surface area contributed by atoms with Gasteiger partial charge in [0, 0.05) is 11.1 Å². The van der Waals surface area contributed by atoms with Crippen LogP contribution in [-0.2, 0) is 11.2 Å². The minimum absolute atomic E-state index is 0.262. The second-order valence-corrected chi connectivity index (χ2v) is 2.97. The molecule has 1 aromatic rings. The lowest BCUT2D eigenvalue weighted by atomic mass is 10.4. The van der Waals surface area contributed by atoms with Crippen molar-refractivity contribution in [3.63, 3.8) is 0 Å². The number of rotatable bonds is 2. The minimum atomic E-state index is -0.325. The standard InChI is InChI=1S/C6H8N2OS/c1-4-3-10-6(8-4)2-5(7)9/h3H,2H2,1H3,(H2,7,9). The third-order valence-electron chi connectivity index (χ3n) is 0.992. The van der Waals surface area contributed by atoms with Crippen LogP contribution in [0.25, 0.3) is 0 Å². The van der Waals surface area contributed by atoms with E-state index in [4.69, 9.17) is 5.73 Å². The Labute approximate surface area is 62.9 Å². The molecular weight excluding hydrogens is 148 g/mol. The first kappa shape index (κ1) is 7.21. The number of aromatic nitrogens is 1. The largest absolute Gasteiger partial charge is 0.369 e. The molecule has 4 heteroatoms. The van der Waals surface area contributed by atoms with Gasteiger partial charge < -0.3 is 5.73 Å². The summed E-state index contributed by atoms with van der Waals surface area (Å²) >= 11 is 1.47. The fourth-order valence-corrected chi connectivity index (χ4v) is 1.41. The summed E-state index contributed by atoms with van der Waals surface area (Å²) in [6.45, 7) is 1.89. The molecule has 1 rings (SSSR count). The van der Waals surface area contributed by atoms with E-state index in [0.717, 1.165) is 10.7 Å². The zero-order valence-electron chi connectivity index (χ0n) is 5.63. The van der Waals surface area contributed by atoms with Gasteiger partial charge in [0.05, 0.1) is 6.42 Å². The molecule has 3 nitrogen and oxygen atoms in total. The highest BCUT2D eigenvalue weighted by Gasteiger charge is 2.00. The molecule has 0 atom stereocenters. The molecule has 10 heavy (non-hydrogen) atoms. The first-order valence-corrected chi connectivity index (χ1v) is 3.76. The SMILES string of the molecule is Cc1csc(CC(N)=O)n1. The number of hydrogen-bond acceptors (Lipinski definition) is 3. The maximum Gasteiger partial charge on any atom is 0.224 e. The topological polar surface area (TPSA) is 56.0 Å². The van der Waals surface area contributed by atoms with Crippen molar-refractivity contribution in [1.82, 2.24) is 4.98 Å². The molecule has 0 radical (unpaired) electrons. The number of thiazole rings is 1. The maximum atomic E-state index is 10.4. The van der Waals surface area contributed by atoms with E-state index in [1.165, 1.54) is 11.3 Å². The zero-order chi connectivity index (χ0) is 7.56. The number of nitrogens with two attached hydrogens (primary N) is 1. The average Bonchev–Trinajstić information content (AvgIpc) is 2.13. The van der Waals surface area contributed by atoms with Crippen molar-refractivity contribution in [1.29, 1.82) is 0 Å². The Hall–Kier alpha value is -0.900. The predicted octanol–water partition coefficient (Wildman–Crippen LogP) is 0.479. The molecule has 2 N–H and O–H groups in total. The minimum Gasteiger partial charge on any atom is -0.369 e. The van der Waals surface area contributed by atoms with Gasteiger partial charge in [-0.05, 0) is 6.92 Å². The van der Waals surface area contributed by atoms with Crippen LogP contribution in [-0.4, -0.2) is 10.9 Å². The Morgan fingerprint density at radius 1 is 1.90 bits per heavy atom. The van der Waals surface area contributed by atoms with Crippen molar-refractivity contribution in [2.24, 2.45) is 5.73 Å². The van der Waals surface area contributed by atoms with Gasteiger partial charge in [-0.3, -0.25) is 4.79 Å². The van der Waals surface area contributed by atoms with Crippen LogP contribution in [0.1, 0.15) is 10.7 Å². The van der Waals surface area contributed by atoms with Gasteiger partial charge in [-0.1, -0.05) is 0 Å². The van der Waals surface area contributed by atoms with Gasteiger partial charge in [-0.15, -0.1) is 11.3 Å². The van der Waals surface area contributed by atoms with Gasteiger partial charge in [-0.2, -0.15) is 0 Å². The molecule has 0 aromatic carbocycles. The summed E-state index contributed by atoms with van der Waals surface area (Å²) in [5.74, 6) is -0.325. The van der Waals surface area contributed by atoms with E-state index < -0.39 is 0 Å². The highest BCUT2D eigenvalue weighted by atomic mass is 32.1. The summed E-state index contributed by atoms with van der Waals surface area (Å²) in [4.78, 5) is 14.4. The molecular formula is C6H8N2OS. The first-order chi connectivity index (χ1) is 4.68.